The molecule has 0 unspecified atom stereocenters. The lowest BCUT2D eigenvalue weighted by atomic mass is 10.1. The molecule has 0 radical (unpaired) electrons. The van der Waals surface area contributed by atoms with Gasteiger partial charge in [-0.2, -0.15) is 16.8 Å². The number of anilines is 4. The Labute approximate surface area is 295 Å². The van der Waals surface area contributed by atoms with E-state index < -0.39 is 47.9 Å². The largest absolute Gasteiger partial charge is 0.507 e. The van der Waals surface area contributed by atoms with E-state index in [-0.39, 0.29) is 66.9 Å². The van der Waals surface area contributed by atoms with Gasteiger partial charge in [-0.1, -0.05) is 12.1 Å². The first-order valence-electron chi connectivity index (χ1n) is 14.9. The van der Waals surface area contributed by atoms with E-state index in [0.29, 0.717) is 0 Å². The summed E-state index contributed by atoms with van der Waals surface area (Å²) >= 11 is 0. The van der Waals surface area contributed by atoms with E-state index in [4.69, 9.17) is 0 Å². The maximum Gasteiger partial charge on any atom is 0.323 e. The molecule has 0 heterocycles. The van der Waals surface area contributed by atoms with Crippen LogP contribution in [0.3, 0.4) is 0 Å². The zero-order valence-corrected chi connectivity index (χ0v) is 28.0. The first-order chi connectivity index (χ1) is 24.6. The summed E-state index contributed by atoms with van der Waals surface area (Å²) in [5, 5.41) is 30.9. The van der Waals surface area contributed by atoms with Gasteiger partial charge in [-0.3, -0.25) is 18.7 Å². The van der Waals surface area contributed by atoms with Crippen molar-refractivity contribution >= 4 is 82.4 Å². The van der Waals surface area contributed by atoms with Crippen molar-refractivity contribution in [1.82, 2.24) is 0 Å². The molecule has 6 aromatic rings. The van der Waals surface area contributed by atoms with E-state index >= 15 is 0 Å². The lowest BCUT2D eigenvalue weighted by Gasteiger charge is -2.12. The molecule has 0 spiro atoms. The third-order valence-electron chi connectivity index (χ3n) is 7.74. The molecule has 0 aliphatic heterocycles. The predicted octanol–water partition coefficient (Wildman–Crippen LogP) is 6.05. The second kappa shape index (κ2) is 13.6. The Bertz CT molecular complexity index is 2500. The van der Waals surface area contributed by atoms with E-state index in [9.17, 15) is 50.5 Å². The van der Waals surface area contributed by atoms with Crippen LogP contribution in [0.25, 0.3) is 21.5 Å². The summed E-state index contributed by atoms with van der Waals surface area (Å²) in [6.45, 7) is 0. The molecular formula is C35H26N4O11S2. The van der Waals surface area contributed by atoms with E-state index in [1.54, 1.807) is 0 Å². The van der Waals surface area contributed by atoms with Gasteiger partial charge >= 0.3 is 6.03 Å². The molecule has 0 aromatic heterocycles. The summed E-state index contributed by atoms with van der Waals surface area (Å²) in [7, 11) is -9.27. The van der Waals surface area contributed by atoms with Crippen LogP contribution >= 0.6 is 0 Å². The van der Waals surface area contributed by atoms with Crippen LogP contribution in [0.2, 0.25) is 0 Å². The summed E-state index contributed by atoms with van der Waals surface area (Å²) in [5.74, 6) is -1.69. The number of benzene rings is 6. The van der Waals surface area contributed by atoms with E-state index in [2.05, 4.69) is 21.3 Å². The Hall–Kier alpha value is -6.53. The van der Waals surface area contributed by atoms with Crippen LogP contribution in [-0.4, -0.2) is 54.0 Å². The summed E-state index contributed by atoms with van der Waals surface area (Å²) in [5.41, 5.74) is 1.02. The van der Waals surface area contributed by atoms with Gasteiger partial charge in [0.05, 0.1) is 0 Å². The number of nitrogens with one attached hydrogen (secondary N) is 4. The average Bonchev–Trinajstić information content (AvgIpc) is 3.07. The highest BCUT2D eigenvalue weighted by Crippen LogP contribution is 2.34. The molecular weight excluding hydrogens is 717 g/mol. The molecule has 0 saturated heterocycles. The maximum atomic E-state index is 13.1. The van der Waals surface area contributed by atoms with Gasteiger partial charge in [-0.25, -0.2) is 4.79 Å². The number of phenolic OH excluding ortho intramolecular Hbond substituents is 2. The third kappa shape index (κ3) is 7.62. The number of amides is 4. The quantitative estimate of drug-likeness (QED) is 0.0834. The van der Waals surface area contributed by atoms with Gasteiger partial charge in [0.1, 0.15) is 21.3 Å². The molecule has 0 atom stereocenters. The van der Waals surface area contributed by atoms with Crippen LogP contribution in [0.5, 0.6) is 11.5 Å². The van der Waals surface area contributed by atoms with Gasteiger partial charge < -0.3 is 31.5 Å². The maximum absolute atomic E-state index is 13.1. The van der Waals surface area contributed by atoms with Crippen molar-refractivity contribution in [2.24, 2.45) is 0 Å². The zero-order chi connectivity index (χ0) is 37.4. The first kappa shape index (κ1) is 35.3. The summed E-state index contributed by atoms with van der Waals surface area (Å²) in [6, 6.07) is 23.6. The van der Waals surface area contributed by atoms with Crippen molar-refractivity contribution < 1.29 is 50.5 Å². The number of carbonyl (C=O) groups excluding carboxylic acids is 3. The summed E-state index contributed by atoms with van der Waals surface area (Å²) < 4.78 is 66.6. The average molecular weight is 743 g/mol. The number of phenols is 2. The Morgan fingerprint density at radius 1 is 0.442 bits per heavy atom. The number of urea groups is 1. The minimum absolute atomic E-state index is 0.0157. The normalized spacial score (nSPS) is 11.6. The van der Waals surface area contributed by atoms with Crippen molar-refractivity contribution in [3.8, 4) is 11.5 Å². The summed E-state index contributed by atoms with van der Waals surface area (Å²) in [6.07, 6.45) is 0. The van der Waals surface area contributed by atoms with Crippen molar-refractivity contribution in [1.29, 1.82) is 0 Å². The van der Waals surface area contributed by atoms with Gasteiger partial charge in [0.2, 0.25) is 0 Å². The van der Waals surface area contributed by atoms with Crippen LogP contribution in [-0.2, 0) is 20.2 Å². The van der Waals surface area contributed by atoms with Gasteiger partial charge in [0, 0.05) is 55.4 Å². The molecule has 6 rings (SSSR count). The summed E-state index contributed by atoms with van der Waals surface area (Å²) in [4.78, 5) is 38.1. The molecule has 0 fully saturated rings. The molecule has 0 bridgehead atoms. The minimum Gasteiger partial charge on any atom is -0.507 e. The fourth-order valence-electron chi connectivity index (χ4n) is 5.39. The lowest BCUT2D eigenvalue weighted by molar-refractivity contribution is 0.101. The molecule has 264 valence electrons. The number of aromatic hydroxyl groups is 2. The standard InChI is InChI=1S/C35H26N4O11S2/c40-29-11-13-31(51(45,46)47)27-17-23(7-9-25(27)29)36-33(42)19-3-1-5-21(15-19)38-35(44)39-22-6-2-4-20(16-22)34(43)37-24-8-10-26-28(18-24)32(52(48,49)50)14-12-30(26)41/h1-18,40-41H,(H,36,42)(H,37,43)(H2,38,39,44)(H,45,46,47)(H,48,49,50). The van der Waals surface area contributed by atoms with Gasteiger partial charge in [-0.05, 0) is 97.1 Å². The number of carbonyl (C=O) groups is 3. The lowest BCUT2D eigenvalue weighted by Crippen LogP contribution is -2.20. The van der Waals surface area contributed by atoms with Gasteiger partial charge in [0.25, 0.3) is 32.1 Å². The van der Waals surface area contributed by atoms with Crippen LogP contribution in [0.15, 0.2) is 119 Å². The SMILES string of the molecule is O=C(Nc1cccc(C(=O)Nc2ccc3c(O)ccc(S(=O)(=O)O)c3c2)c1)Nc1cccc(C(=O)Nc2ccc3c(O)ccc(S(=O)(=O)O)c3c2)c1. The molecule has 52 heavy (non-hydrogen) atoms. The molecule has 0 saturated carbocycles. The number of rotatable bonds is 8. The van der Waals surface area contributed by atoms with Crippen molar-refractivity contribution in [3.63, 3.8) is 0 Å². The number of hydrogen-bond acceptors (Lipinski definition) is 9. The van der Waals surface area contributed by atoms with Crippen LogP contribution in [0.1, 0.15) is 20.7 Å². The fraction of sp³-hybridized carbons (Fsp3) is 0. The Morgan fingerprint density at radius 2 is 0.827 bits per heavy atom. The van der Waals surface area contributed by atoms with E-state index in [1.807, 2.05) is 0 Å². The monoisotopic (exact) mass is 742 g/mol. The first-order valence-corrected chi connectivity index (χ1v) is 17.8. The molecule has 8 N–H and O–H groups in total. The van der Waals surface area contributed by atoms with Gasteiger partial charge in [-0.15, -0.1) is 0 Å². The van der Waals surface area contributed by atoms with Crippen LogP contribution in [0.4, 0.5) is 27.5 Å². The highest BCUT2D eigenvalue weighted by molar-refractivity contribution is 7.86. The van der Waals surface area contributed by atoms with Crippen molar-refractivity contribution in [2.45, 2.75) is 9.79 Å². The third-order valence-corrected chi connectivity index (χ3v) is 9.57. The van der Waals surface area contributed by atoms with E-state index in [1.165, 1.54) is 84.9 Å². The Balaban J connectivity index is 1.12. The Kier molecular flexibility index (Phi) is 9.26. The molecule has 0 aliphatic carbocycles. The highest BCUT2D eigenvalue weighted by Gasteiger charge is 2.19. The topological polar surface area (TPSA) is 249 Å². The van der Waals surface area contributed by atoms with Crippen molar-refractivity contribution in [3.05, 3.63) is 120 Å². The number of fused-ring (bicyclic) bond motifs is 2. The second-order valence-corrected chi connectivity index (χ2v) is 14.1. The van der Waals surface area contributed by atoms with Crippen LogP contribution < -0.4 is 21.3 Å². The smallest absolute Gasteiger partial charge is 0.323 e. The van der Waals surface area contributed by atoms with Crippen molar-refractivity contribution in [2.75, 3.05) is 21.3 Å². The minimum atomic E-state index is -4.64. The van der Waals surface area contributed by atoms with Gasteiger partial charge in [0.15, 0.2) is 0 Å². The molecule has 15 nitrogen and oxygen atoms in total. The molecule has 17 heteroatoms. The fourth-order valence-corrected chi connectivity index (χ4v) is 6.77. The Morgan fingerprint density at radius 3 is 1.21 bits per heavy atom. The van der Waals surface area contributed by atoms with E-state index in [0.717, 1.165) is 24.3 Å². The predicted molar refractivity (Wildman–Crippen MR) is 192 cm³/mol. The van der Waals surface area contributed by atoms with Crippen LogP contribution in [0, 0.1) is 0 Å². The molecule has 0 aliphatic rings. The molecule has 4 amide bonds. The number of hydrogen-bond donors (Lipinski definition) is 8. The zero-order valence-electron chi connectivity index (χ0n) is 26.4. The highest BCUT2D eigenvalue weighted by atomic mass is 32.2. The molecule has 6 aromatic carbocycles. The second-order valence-electron chi connectivity index (χ2n) is 11.3.